The number of hydrogen-bond donors (Lipinski definition) is 3. The van der Waals surface area contributed by atoms with E-state index in [9.17, 15) is 4.79 Å². The molecule has 0 aliphatic carbocycles. The van der Waals surface area contributed by atoms with Gasteiger partial charge in [-0.05, 0) is 0 Å². The van der Waals surface area contributed by atoms with Crippen LogP contribution in [0, 0.1) is 0 Å². The third-order valence-corrected chi connectivity index (χ3v) is 0.980. The first-order valence-corrected chi connectivity index (χ1v) is 2.57. The summed E-state index contributed by atoms with van der Waals surface area (Å²) in [5.74, 6) is -0.819. The van der Waals surface area contributed by atoms with Crippen LogP contribution in [0.5, 0.6) is 0 Å². The Bertz CT molecular complexity index is 243. The van der Waals surface area contributed by atoms with E-state index in [1.54, 1.807) is 0 Å². The van der Waals surface area contributed by atoms with Crippen LogP contribution in [0.4, 0.5) is 5.82 Å². The Hall–Kier alpha value is -1.59. The molecule has 1 aromatic rings. The lowest BCUT2D eigenvalue weighted by Crippen LogP contribution is -2.03. The second-order valence-electron chi connectivity index (χ2n) is 1.75. The molecule has 10 heavy (non-hydrogen) atoms. The predicted octanol–water partition coefficient (Wildman–Crippen LogP) is -0.986. The molecule has 0 unspecified atom stereocenters. The maximum absolute atomic E-state index is 10.1. The molecular weight excluding hydrogens is 136 g/mol. The van der Waals surface area contributed by atoms with Gasteiger partial charge in [0.25, 0.3) is 0 Å². The summed E-state index contributed by atoms with van der Waals surface area (Å²) in [6, 6.07) is 0. The standard InChI is InChI=1S/C4H6N4O2/c5-4-2(1-3(9)10)6-8-7-4/h1H2,(H,9,10)(H3,5,6,7,8). The maximum atomic E-state index is 10.1. The lowest BCUT2D eigenvalue weighted by Gasteiger charge is -1.88. The number of hydrogen-bond acceptors (Lipinski definition) is 4. The third-order valence-electron chi connectivity index (χ3n) is 0.980. The number of carboxylic acids is 1. The van der Waals surface area contributed by atoms with Crippen LogP contribution < -0.4 is 5.73 Å². The maximum Gasteiger partial charge on any atom is 0.309 e. The average molecular weight is 142 g/mol. The van der Waals surface area contributed by atoms with E-state index >= 15 is 0 Å². The largest absolute Gasteiger partial charge is 0.481 e. The second kappa shape index (κ2) is 2.34. The summed E-state index contributed by atoms with van der Waals surface area (Å²) in [5, 5.41) is 17.3. The van der Waals surface area contributed by atoms with E-state index in [-0.39, 0.29) is 12.2 Å². The highest BCUT2D eigenvalue weighted by molar-refractivity contribution is 5.71. The number of anilines is 1. The van der Waals surface area contributed by atoms with Crippen molar-refractivity contribution in [3.05, 3.63) is 5.69 Å². The molecular formula is C4H6N4O2. The molecule has 0 aromatic carbocycles. The number of rotatable bonds is 2. The van der Waals surface area contributed by atoms with Gasteiger partial charge in [-0.15, -0.1) is 5.10 Å². The van der Waals surface area contributed by atoms with E-state index in [4.69, 9.17) is 10.8 Å². The fourth-order valence-corrected chi connectivity index (χ4v) is 0.538. The molecule has 6 heteroatoms. The van der Waals surface area contributed by atoms with Crippen molar-refractivity contribution < 1.29 is 9.90 Å². The Morgan fingerprint density at radius 3 is 2.90 bits per heavy atom. The Kier molecular flexibility index (Phi) is 1.53. The minimum atomic E-state index is -0.960. The number of aromatic nitrogens is 3. The summed E-state index contributed by atoms with van der Waals surface area (Å²) in [6.07, 6.45) is -0.168. The van der Waals surface area contributed by atoms with Gasteiger partial charge < -0.3 is 10.8 Å². The fraction of sp³-hybridized carbons (Fsp3) is 0.250. The van der Waals surface area contributed by atoms with Crippen molar-refractivity contribution in [2.24, 2.45) is 0 Å². The number of nitrogens with one attached hydrogen (secondary N) is 1. The monoisotopic (exact) mass is 142 g/mol. The third kappa shape index (κ3) is 1.22. The van der Waals surface area contributed by atoms with Gasteiger partial charge in [-0.1, -0.05) is 5.21 Å². The molecule has 4 N–H and O–H groups in total. The molecule has 1 heterocycles. The molecule has 0 fully saturated rings. The van der Waals surface area contributed by atoms with Gasteiger partial charge in [-0.25, -0.2) is 0 Å². The lowest BCUT2D eigenvalue weighted by atomic mass is 10.3. The highest BCUT2D eigenvalue weighted by Gasteiger charge is 2.06. The summed E-state index contributed by atoms with van der Waals surface area (Å²) >= 11 is 0. The van der Waals surface area contributed by atoms with Gasteiger partial charge in [0, 0.05) is 0 Å². The van der Waals surface area contributed by atoms with E-state index < -0.39 is 5.97 Å². The van der Waals surface area contributed by atoms with Crippen LogP contribution in [-0.2, 0) is 11.2 Å². The number of aromatic amines is 1. The number of nitrogen functional groups attached to an aromatic ring is 1. The van der Waals surface area contributed by atoms with Crippen molar-refractivity contribution in [3.63, 3.8) is 0 Å². The molecule has 0 radical (unpaired) electrons. The SMILES string of the molecule is Nc1nn[nH]c1CC(=O)O. The summed E-state index contributed by atoms with van der Waals surface area (Å²) < 4.78 is 0. The van der Waals surface area contributed by atoms with Crippen molar-refractivity contribution in [3.8, 4) is 0 Å². The zero-order valence-corrected chi connectivity index (χ0v) is 5.03. The minimum absolute atomic E-state index is 0.141. The van der Waals surface area contributed by atoms with Crippen LogP contribution in [-0.4, -0.2) is 26.5 Å². The molecule has 1 aromatic heterocycles. The van der Waals surface area contributed by atoms with Crippen LogP contribution in [0.15, 0.2) is 0 Å². The fourth-order valence-electron chi connectivity index (χ4n) is 0.538. The highest BCUT2D eigenvalue weighted by atomic mass is 16.4. The number of carbonyl (C=O) groups is 1. The van der Waals surface area contributed by atoms with Crippen molar-refractivity contribution in [1.29, 1.82) is 0 Å². The van der Waals surface area contributed by atoms with Gasteiger partial charge in [0.1, 0.15) is 0 Å². The van der Waals surface area contributed by atoms with E-state index in [0.717, 1.165) is 0 Å². The molecule has 0 bridgehead atoms. The molecule has 0 saturated carbocycles. The summed E-state index contributed by atoms with van der Waals surface area (Å²) in [6.45, 7) is 0. The van der Waals surface area contributed by atoms with Gasteiger partial charge in [0.05, 0.1) is 12.1 Å². The van der Waals surface area contributed by atoms with Crippen molar-refractivity contribution >= 4 is 11.8 Å². The Morgan fingerprint density at radius 1 is 1.80 bits per heavy atom. The van der Waals surface area contributed by atoms with E-state index in [0.29, 0.717) is 5.69 Å². The number of H-pyrrole nitrogens is 1. The predicted molar refractivity (Wildman–Crippen MR) is 32.1 cm³/mol. The van der Waals surface area contributed by atoms with Gasteiger partial charge in [-0.3, -0.25) is 9.89 Å². The quantitative estimate of drug-likeness (QED) is 0.492. The van der Waals surface area contributed by atoms with E-state index in [1.165, 1.54) is 0 Å². The smallest absolute Gasteiger partial charge is 0.309 e. The van der Waals surface area contributed by atoms with Crippen LogP contribution in [0.2, 0.25) is 0 Å². The van der Waals surface area contributed by atoms with E-state index in [2.05, 4.69) is 15.4 Å². The molecule has 6 nitrogen and oxygen atoms in total. The van der Waals surface area contributed by atoms with Crippen molar-refractivity contribution in [2.75, 3.05) is 5.73 Å². The summed E-state index contributed by atoms with van der Waals surface area (Å²) in [4.78, 5) is 10.1. The van der Waals surface area contributed by atoms with Gasteiger partial charge in [0.2, 0.25) is 0 Å². The van der Waals surface area contributed by atoms with Crippen LogP contribution in [0.1, 0.15) is 5.69 Å². The van der Waals surface area contributed by atoms with Gasteiger partial charge >= 0.3 is 5.97 Å². The molecule has 0 aliphatic heterocycles. The lowest BCUT2D eigenvalue weighted by molar-refractivity contribution is -0.136. The first kappa shape index (κ1) is 6.53. The van der Waals surface area contributed by atoms with Gasteiger partial charge in [0.15, 0.2) is 5.82 Å². The van der Waals surface area contributed by atoms with Crippen LogP contribution in [0.3, 0.4) is 0 Å². The molecule has 0 saturated heterocycles. The number of nitrogens with zero attached hydrogens (tertiary/aromatic N) is 2. The Morgan fingerprint density at radius 2 is 2.50 bits per heavy atom. The second-order valence-corrected chi connectivity index (χ2v) is 1.75. The number of carboxylic acid groups (broad SMARTS) is 1. The van der Waals surface area contributed by atoms with Crippen molar-refractivity contribution in [1.82, 2.24) is 15.4 Å². The highest BCUT2D eigenvalue weighted by Crippen LogP contribution is 2.01. The molecule has 0 spiro atoms. The zero-order valence-electron chi connectivity index (χ0n) is 5.03. The summed E-state index contributed by atoms with van der Waals surface area (Å²) in [5.41, 5.74) is 5.56. The molecule has 0 atom stereocenters. The topological polar surface area (TPSA) is 105 Å². The minimum Gasteiger partial charge on any atom is -0.481 e. The first-order chi connectivity index (χ1) is 4.70. The Balaban J connectivity index is 2.74. The molecule has 54 valence electrons. The van der Waals surface area contributed by atoms with Crippen LogP contribution >= 0.6 is 0 Å². The first-order valence-electron chi connectivity index (χ1n) is 2.57. The van der Waals surface area contributed by atoms with E-state index in [1.807, 2.05) is 0 Å². The Labute approximate surface area is 56.0 Å². The number of nitrogens with two attached hydrogens (primary N) is 1. The normalized spacial score (nSPS) is 9.60. The summed E-state index contributed by atoms with van der Waals surface area (Å²) in [7, 11) is 0. The van der Waals surface area contributed by atoms with Crippen molar-refractivity contribution in [2.45, 2.75) is 6.42 Å². The van der Waals surface area contributed by atoms with Crippen LogP contribution in [0.25, 0.3) is 0 Å². The number of aliphatic carboxylic acids is 1. The molecule has 1 rings (SSSR count). The molecule has 0 aliphatic rings. The molecule has 0 amide bonds. The zero-order chi connectivity index (χ0) is 7.56. The van der Waals surface area contributed by atoms with Gasteiger partial charge in [-0.2, -0.15) is 0 Å². The average Bonchev–Trinajstić information content (AvgIpc) is 2.15.